The number of aromatic nitrogens is 1. The van der Waals surface area contributed by atoms with E-state index in [-0.39, 0.29) is 5.82 Å². The van der Waals surface area contributed by atoms with Crippen molar-refractivity contribution in [2.24, 2.45) is 0 Å². The Morgan fingerprint density at radius 1 is 1.56 bits per heavy atom. The molecule has 0 atom stereocenters. The number of hydrogen-bond donors (Lipinski definition) is 2. The molecule has 7 heteroatoms. The second kappa shape index (κ2) is 5.45. The molecule has 0 radical (unpaired) electrons. The maximum absolute atomic E-state index is 13.7. The molecule has 4 nitrogen and oxygen atoms in total. The Labute approximate surface area is 115 Å². The Hall–Kier alpha value is -1.47. The summed E-state index contributed by atoms with van der Waals surface area (Å²) in [5, 5.41) is 13.5. The number of anilines is 1. The molecule has 0 aromatic carbocycles. The highest BCUT2D eigenvalue weighted by Crippen LogP contribution is 2.24. The van der Waals surface area contributed by atoms with Crippen molar-refractivity contribution < 1.29 is 14.3 Å². The fourth-order valence-corrected chi connectivity index (χ4v) is 2.78. The van der Waals surface area contributed by atoms with Gasteiger partial charge in [0.1, 0.15) is 5.56 Å². The van der Waals surface area contributed by atoms with E-state index in [0.29, 0.717) is 6.54 Å². The molecule has 0 aliphatic carbocycles. The van der Waals surface area contributed by atoms with Crippen molar-refractivity contribution >= 4 is 39.1 Å². The van der Waals surface area contributed by atoms with E-state index < -0.39 is 17.3 Å². The number of thiophene rings is 1. The summed E-state index contributed by atoms with van der Waals surface area (Å²) in [5.41, 5.74) is -0.391. The normalized spacial score (nSPS) is 10.3. The standard InChI is InChI=1S/C11H8BrFN2O2S/c12-7-2-4-18-8(7)5-15-10-9(13)6(11(16)17)1-3-14-10/h1-4H,5H2,(H,14,15)(H,16,17). The quantitative estimate of drug-likeness (QED) is 0.902. The van der Waals surface area contributed by atoms with E-state index in [0.717, 1.165) is 15.4 Å². The van der Waals surface area contributed by atoms with Crippen molar-refractivity contribution in [1.82, 2.24) is 4.98 Å². The summed E-state index contributed by atoms with van der Waals surface area (Å²) in [7, 11) is 0. The van der Waals surface area contributed by atoms with E-state index in [9.17, 15) is 9.18 Å². The zero-order valence-electron chi connectivity index (χ0n) is 8.98. The SMILES string of the molecule is O=C(O)c1ccnc(NCc2sccc2Br)c1F. The molecule has 2 aromatic heterocycles. The third-order valence-corrected chi connectivity index (χ3v) is 4.15. The van der Waals surface area contributed by atoms with E-state index in [4.69, 9.17) is 5.11 Å². The van der Waals surface area contributed by atoms with Gasteiger partial charge in [0.05, 0.1) is 6.54 Å². The predicted octanol–water partition coefficient (Wildman–Crippen LogP) is 3.36. The van der Waals surface area contributed by atoms with E-state index >= 15 is 0 Å². The molecular formula is C11H8BrFN2O2S. The number of carboxylic acid groups (broad SMARTS) is 1. The molecule has 2 N–H and O–H groups in total. The monoisotopic (exact) mass is 330 g/mol. The number of carboxylic acids is 1. The maximum atomic E-state index is 13.7. The highest BCUT2D eigenvalue weighted by Gasteiger charge is 2.15. The van der Waals surface area contributed by atoms with Crippen LogP contribution in [0.15, 0.2) is 28.2 Å². The Bertz CT molecular complexity index is 588. The second-order valence-electron chi connectivity index (χ2n) is 3.37. The van der Waals surface area contributed by atoms with Crippen LogP contribution in [0, 0.1) is 5.82 Å². The lowest BCUT2D eigenvalue weighted by atomic mass is 10.2. The minimum Gasteiger partial charge on any atom is -0.478 e. The summed E-state index contributed by atoms with van der Waals surface area (Å²) >= 11 is 4.87. The molecule has 0 amide bonds. The second-order valence-corrected chi connectivity index (χ2v) is 5.23. The van der Waals surface area contributed by atoms with Gasteiger partial charge < -0.3 is 10.4 Å². The van der Waals surface area contributed by atoms with E-state index in [2.05, 4.69) is 26.2 Å². The Balaban J connectivity index is 2.17. The van der Waals surface area contributed by atoms with Gasteiger partial charge in [-0.1, -0.05) is 0 Å². The van der Waals surface area contributed by atoms with Gasteiger partial charge in [-0.05, 0) is 33.4 Å². The third-order valence-electron chi connectivity index (χ3n) is 2.23. The minimum atomic E-state index is -1.31. The van der Waals surface area contributed by atoms with Crippen LogP contribution >= 0.6 is 27.3 Å². The van der Waals surface area contributed by atoms with Crippen LogP contribution in [0.3, 0.4) is 0 Å². The molecular weight excluding hydrogens is 323 g/mol. The summed E-state index contributed by atoms with van der Waals surface area (Å²) in [6, 6.07) is 3.02. The van der Waals surface area contributed by atoms with Gasteiger partial charge in [-0.15, -0.1) is 11.3 Å². The number of halogens is 2. The molecule has 18 heavy (non-hydrogen) atoms. The Morgan fingerprint density at radius 2 is 2.33 bits per heavy atom. The lowest BCUT2D eigenvalue weighted by Crippen LogP contribution is -2.08. The van der Waals surface area contributed by atoms with E-state index in [1.54, 1.807) is 0 Å². The number of carbonyl (C=O) groups is 1. The highest BCUT2D eigenvalue weighted by molar-refractivity contribution is 9.10. The van der Waals surface area contributed by atoms with Crippen LogP contribution in [0.5, 0.6) is 0 Å². The van der Waals surface area contributed by atoms with Crippen molar-refractivity contribution in [2.45, 2.75) is 6.54 Å². The number of nitrogens with one attached hydrogen (secondary N) is 1. The fraction of sp³-hybridized carbons (Fsp3) is 0.0909. The number of hydrogen-bond acceptors (Lipinski definition) is 4. The lowest BCUT2D eigenvalue weighted by molar-refractivity contribution is 0.0692. The van der Waals surface area contributed by atoms with Gasteiger partial charge in [-0.2, -0.15) is 0 Å². The first-order valence-electron chi connectivity index (χ1n) is 4.93. The van der Waals surface area contributed by atoms with Crippen LogP contribution in [0.2, 0.25) is 0 Å². The molecule has 0 saturated carbocycles. The predicted molar refractivity (Wildman–Crippen MR) is 70.5 cm³/mol. The van der Waals surface area contributed by atoms with Crippen molar-refractivity contribution in [3.63, 3.8) is 0 Å². The number of pyridine rings is 1. The van der Waals surface area contributed by atoms with Crippen LogP contribution in [-0.2, 0) is 6.54 Å². The highest BCUT2D eigenvalue weighted by atomic mass is 79.9. The molecule has 2 aromatic rings. The van der Waals surface area contributed by atoms with Crippen LogP contribution < -0.4 is 5.32 Å². The van der Waals surface area contributed by atoms with Gasteiger partial charge in [-0.25, -0.2) is 14.2 Å². The number of rotatable bonds is 4. The Morgan fingerprint density at radius 3 is 2.94 bits per heavy atom. The third kappa shape index (κ3) is 2.68. The van der Waals surface area contributed by atoms with Gasteiger partial charge in [0, 0.05) is 15.5 Å². The summed E-state index contributed by atoms with van der Waals surface area (Å²) in [4.78, 5) is 15.5. The van der Waals surface area contributed by atoms with Crippen molar-refractivity contribution in [3.05, 3.63) is 44.4 Å². The molecule has 0 fully saturated rings. The first kappa shape index (κ1) is 13.0. The summed E-state index contributed by atoms with van der Waals surface area (Å²) in [5.74, 6) is -2.22. The van der Waals surface area contributed by atoms with E-state index in [1.807, 2.05) is 11.4 Å². The molecule has 0 unspecified atom stereocenters. The summed E-state index contributed by atoms with van der Waals surface area (Å²) in [6.07, 6.45) is 1.26. The van der Waals surface area contributed by atoms with Gasteiger partial charge in [0.2, 0.25) is 0 Å². The average Bonchev–Trinajstić information content (AvgIpc) is 2.73. The molecule has 0 saturated heterocycles. The molecule has 2 rings (SSSR count). The molecule has 2 heterocycles. The zero-order valence-corrected chi connectivity index (χ0v) is 11.4. The van der Waals surface area contributed by atoms with Gasteiger partial charge >= 0.3 is 5.97 Å². The number of aromatic carboxylic acids is 1. The van der Waals surface area contributed by atoms with Crippen molar-refractivity contribution in [1.29, 1.82) is 0 Å². The maximum Gasteiger partial charge on any atom is 0.338 e. The van der Waals surface area contributed by atoms with Gasteiger partial charge in [0.15, 0.2) is 11.6 Å². The first-order valence-corrected chi connectivity index (χ1v) is 6.60. The summed E-state index contributed by atoms with van der Waals surface area (Å²) in [6.45, 7) is 0.380. The molecule has 94 valence electrons. The van der Waals surface area contributed by atoms with Crippen LogP contribution in [0.1, 0.15) is 15.2 Å². The molecule has 0 spiro atoms. The number of nitrogens with zero attached hydrogens (tertiary/aromatic N) is 1. The molecule has 0 bridgehead atoms. The van der Waals surface area contributed by atoms with Gasteiger partial charge in [-0.3, -0.25) is 0 Å². The van der Waals surface area contributed by atoms with E-state index in [1.165, 1.54) is 17.5 Å². The Kier molecular flexibility index (Phi) is 3.93. The molecule has 0 aliphatic heterocycles. The lowest BCUT2D eigenvalue weighted by Gasteiger charge is -2.07. The van der Waals surface area contributed by atoms with Crippen LogP contribution in [0.25, 0.3) is 0 Å². The van der Waals surface area contributed by atoms with Crippen LogP contribution in [-0.4, -0.2) is 16.1 Å². The zero-order chi connectivity index (χ0) is 13.1. The topological polar surface area (TPSA) is 62.2 Å². The van der Waals surface area contributed by atoms with Gasteiger partial charge in [0.25, 0.3) is 0 Å². The summed E-state index contributed by atoms with van der Waals surface area (Å²) < 4.78 is 14.7. The fourth-order valence-electron chi connectivity index (χ4n) is 1.35. The first-order chi connectivity index (χ1) is 8.59. The minimum absolute atomic E-state index is 0.0600. The largest absolute Gasteiger partial charge is 0.478 e. The van der Waals surface area contributed by atoms with Crippen molar-refractivity contribution in [2.75, 3.05) is 5.32 Å². The average molecular weight is 331 g/mol. The smallest absolute Gasteiger partial charge is 0.338 e. The van der Waals surface area contributed by atoms with Crippen molar-refractivity contribution in [3.8, 4) is 0 Å². The molecule has 0 aliphatic rings. The van der Waals surface area contributed by atoms with Crippen LogP contribution in [0.4, 0.5) is 10.2 Å².